The molecule has 0 bridgehead atoms. The minimum Gasteiger partial charge on any atom is -0.486 e. The standard InChI is InChI=1S/C14H13BrN2O3/c15-9-1-4-12(14(18)19)13(5-9)20-7-11-6-16-8-17(11)10-2-3-10/h1,4-6,8,10H,2-3,7H2,(H,18,19). The van der Waals surface area contributed by atoms with Crippen molar-refractivity contribution in [3.05, 3.63) is 46.5 Å². The molecular weight excluding hydrogens is 324 g/mol. The maximum Gasteiger partial charge on any atom is 0.339 e. The molecule has 1 N–H and O–H groups in total. The van der Waals surface area contributed by atoms with Gasteiger partial charge >= 0.3 is 5.97 Å². The number of carbonyl (C=O) groups is 1. The topological polar surface area (TPSA) is 64.3 Å². The quantitative estimate of drug-likeness (QED) is 0.910. The van der Waals surface area contributed by atoms with Crippen LogP contribution in [0, 0.1) is 0 Å². The molecule has 1 fully saturated rings. The van der Waals surface area contributed by atoms with Crippen molar-refractivity contribution in [2.45, 2.75) is 25.5 Å². The Morgan fingerprint density at radius 1 is 1.50 bits per heavy atom. The summed E-state index contributed by atoms with van der Waals surface area (Å²) in [6.07, 6.45) is 5.90. The number of benzene rings is 1. The molecule has 0 spiro atoms. The average Bonchev–Trinajstić information content (AvgIpc) is 3.15. The van der Waals surface area contributed by atoms with Crippen LogP contribution in [0.4, 0.5) is 0 Å². The largest absolute Gasteiger partial charge is 0.486 e. The van der Waals surface area contributed by atoms with Gasteiger partial charge < -0.3 is 14.4 Å². The Kier molecular flexibility index (Phi) is 3.48. The Labute approximate surface area is 124 Å². The van der Waals surface area contributed by atoms with E-state index in [1.807, 2.05) is 0 Å². The summed E-state index contributed by atoms with van der Waals surface area (Å²) in [4.78, 5) is 15.3. The Morgan fingerprint density at radius 3 is 3.00 bits per heavy atom. The van der Waals surface area contributed by atoms with Crippen LogP contribution in [0.15, 0.2) is 35.2 Å². The maximum atomic E-state index is 11.2. The lowest BCUT2D eigenvalue weighted by molar-refractivity contribution is 0.0691. The highest BCUT2D eigenvalue weighted by Gasteiger charge is 2.25. The van der Waals surface area contributed by atoms with Crippen LogP contribution in [0.3, 0.4) is 0 Å². The summed E-state index contributed by atoms with van der Waals surface area (Å²) in [7, 11) is 0. The van der Waals surface area contributed by atoms with Gasteiger partial charge in [-0.25, -0.2) is 9.78 Å². The van der Waals surface area contributed by atoms with E-state index in [1.165, 1.54) is 18.9 Å². The molecule has 0 amide bonds. The van der Waals surface area contributed by atoms with Gasteiger partial charge in [-0.2, -0.15) is 0 Å². The highest BCUT2D eigenvalue weighted by molar-refractivity contribution is 9.10. The van der Waals surface area contributed by atoms with E-state index in [0.717, 1.165) is 10.2 Å². The molecule has 2 aromatic rings. The van der Waals surface area contributed by atoms with Crippen LogP contribution < -0.4 is 4.74 Å². The molecule has 0 aliphatic heterocycles. The number of carboxylic acids is 1. The first kappa shape index (κ1) is 13.2. The zero-order chi connectivity index (χ0) is 14.1. The Bertz CT molecular complexity index is 650. The molecule has 1 aromatic carbocycles. The van der Waals surface area contributed by atoms with Crippen LogP contribution in [0.25, 0.3) is 0 Å². The van der Waals surface area contributed by atoms with Crippen LogP contribution >= 0.6 is 15.9 Å². The average molecular weight is 337 g/mol. The highest BCUT2D eigenvalue weighted by atomic mass is 79.9. The van der Waals surface area contributed by atoms with Crippen LogP contribution in [0.2, 0.25) is 0 Å². The van der Waals surface area contributed by atoms with Crippen molar-refractivity contribution in [3.63, 3.8) is 0 Å². The third-order valence-electron chi connectivity index (χ3n) is 3.24. The smallest absolute Gasteiger partial charge is 0.339 e. The van der Waals surface area contributed by atoms with Crippen molar-refractivity contribution in [2.75, 3.05) is 0 Å². The number of aromatic carboxylic acids is 1. The summed E-state index contributed by atoms with van der Waals surface area (Å²) in [5, 5.41) is 9.15. The third kappa shape index (κ3) is 2.70. The van der Waals surface area contributed by atoms with Gasteiger partial charge in [0, 0.05) is 10.5 Å². The second kappa shape index (κ2) is 5.28. The fourth-order valence-corrected chi connectivity index (χ4v) is 2.41. The van der Waals surface area contributed by atoms with E-state index in [9.17, 15) is 4.79 Å². The third-order valence-corrected chi connectivity index (χ3v) is 3.73. The van der Waals surface area contributed by atoms with Gasteiger partial charge in [0.25, 0.3) is 0 Å². The molecule has 5 nitrogen and oxygen atoms in total. The summed E-state index contributed by atoms with van der Waals surface area (Å²) < 4.78 is 8.55. The zero-order valence-corrected chi connectivity index (χ0v) is 12.2. The molecule has 1 aliphatic carbocycles. The fraction of sp³-hybridized carbons (Fsp3) is 0.286. The van der Waals surface area contributed by atoms with Crippen LogP contribution in [0.1, 0.15) is 34.9 Å². The molecule has 0 radical (unpaired) electrons. The minimum atomic E-state index is -0.997. The number of imidazole rings is 1. The number of hydrogen-bond acceptors (Lipinski definition) is 3. The normalized spacial score (nSPS) is 14.2. The van der Waals surface area contributed by atoms with Crippen LogP contribution in [-0.2, 0) is 6.61 Å². The van der Waals surface area contributed by atoms with Crippen molar-refractivity contribution in [2.24, 2.45) is 0 Å². The molecule has 0 atom stereocenters. The van der Waals surface area contributed by atoms with Gasteiger partial charge in [0.2, 0.25) is 0 Å². The molecule has 0 saturated heterocycles. The highest BCUT2D eigenvalue weighted by Crippen LogP contribution is 2.36. The van der Waals surface area contributed by atoms with Gasteiger partial charge in [0.1, 0.15) is 17.9 Å². The number of aromatic nitrogens is 2. The Morgan fingerprint density at radius 2 is 2.30 bits per heavy atom. The number of nitrogens with zero attached hydrogens (tertiary/aromatic N) is 2. The van der Waals surface area contributed by atoms with Gasteiger partial charge in [-0.15, -0.1) is 0 Å². The first-order valence-corrected chi connectivity index (χ1v) is 7.11. The lowest BCUT2D eigenvalue weighted by atomic mass is 10.2. The summed E-state index contributed by atoms with van der Waals surface area (Å²) in [6.45, 7) is 0.313. The molecule has 0 unspecified atom stereocenters. The lowest BCUT2D eigenvalue weighted by Gasteiger charge is -2.11. The van der Waals surface area contributed by atoms with Crippen LogP contribution in [-0.4, -0.2) is 20.6 Å². The molecule has 6 heteroatoms. The number of rotatable bonds is 5. The van der Waals surface area contributed by atoms with Crippen LogP contribution in [0.5, 0.6) is 5.75 Å². The lowest BCUT2D eigenvalue weighted by Crippen LogP contribution is -2.06. The SMILES string of the molecule is O=C(O)c1ccc(Br)cc1OCc1cncn1C1CC1. The zero-order valence-electron chi connectivity index (χ0n) is 10.6. The van der Waals surface area contributed by atoms with Crippen molar-refractivity contribution in [1.82, 2.24) is 9.55 Å². The monoisotopic (exact) mass is 336 g/mol. The predicted molar refractivity (Wildman–Crippen MR) is 75.9 cm³/mol. The molecule has 20 heavy (non-hydrogen) atoms. The summed E-state index contributed by atoms with van der Waals surface area (Å²) in [6, 6.07) is 5.41. The summed E-state index contributed by atoms with van der Waals surface area (Å²) in [5.74, 6) is -0.640. The molecule has 3 rings (SSSR count). The van der Waals surface area contributed by atoms with E-state index in [1.54, 1.807) is 24.7 Å². The summed E-state index contributed by atoms with van der Waals surface area (Å²) >= 11 is 3.32. The molecular formula is C14H13BrN2O3. The van der Waals surface area contributed by atoms with Crippen molar-refractivity contribution < 1.29 is 14.6 Å². The second-order valence-corrected chi connectivity index (χ2v) is 5.67. The van der Waals surface area contributed by atoms with Gasteiger partial charge in [-0.1, -0.05) is 15.9 Å². The maximum absolute atomic E-state index is 11.2. The van der Waals surface area contributed by atoms with E-state index in [2.05, 4.69) is 25.5 Å². The Hall–Kier alpha value is -1.82. The number of ether oxygens (including phenoxy) is 1. The first-order valence-electron chi connectivity index (χ1n) is 6.31. The number of carboxylic acid groups (broad SMARTS) is 1. The van der Waals surface area contributed by atoms with E-state index in [-0.39, 0.29) is 5.56 Å². The fourth-order valence-electron chi connectivity index (χ4n) is 2.07. The molecule has 1 heterocycles. The minimum absolute atomic E-state index is 0.158. The summed E-state index contributed by atoms with van der Waals surface area (Å²) in [5.41, 5.74) is 1.12. The molecule has 1 saturated carbocycles. The molecule has 1 aromatic heterocycles. The van der Waals surface area contributed by atoms with Crippen molar-refractivity contribution >= 4 is 21.9 Å². The first-order chi connectivity index (χ1) is 9.65. The van der Waals surface area contributed by atoms with Gasteiger partial charge in [-0.3, -0.25) is 0 Å². The van der Waals surface area contributed by atoms with Gasteiger partial charge in [0.05, 0.1) is 18.2 Å². The van der Waals surface area contributed by atoms with Gasteiger partial charge in [-0.05, 0) is 31.0 Å². The van der Waals surface area contributed by atoms with Crippen molar-refractivity contribution in [3.8, 4) is 5.75 Å². The van der Waals surface area contributed by atoms with E-state index in [0.29, 0.717) is 18.4 Å². The van der Waals surface area contributed by atoms with E-state index < -0.39 is 5.97 Å². The predicted octanol–water partition coefficient (Wildman–Crippen LogP) is 3.26. The second-order valence-electron chi connectivity index (χ2n) is 4.76. The van der Waals surface area contributed by atoms with Gasteiger partial charge in [0.15, 0.2) is 0 Å². The van der Waals surface area contributed by atoms with E-state index >= 15 is 0 Å². The molecule has 1 aliphatic rings. The van der Waals surface area contributed by atoms with E-state index in [4.69, 9.17) is 9.84 Å². The number of halogens is 1. The Balaban J connectivity index is 1.79. The molecule has 104 valence electrons. The van der Waals surface area contributed by atoms with Crippen molar-refractivity contribution in [1.29, 1.82) is 0 Å². The number of hydrogen-bond donors (Lipinski definition) is 1.